The van der Waals surface area contributed by atoms with Crippen molar-refractivity contribution in [1.29, 1.82) is 0 Å². The number of rotatable bonds is 5. The SMILES string of the molecule is Br.C=CCN1CC[C@]23c4c5ccc(O)c4O[C@@]2(C)C(=O)CCC3(OCCC)[C@H]1C5. The smallest absolute Gasteiger partial charge is 0.177 e. The lowest BCUT2D eigenvalue weighted by atomic mass is 9.45. The van der Waals surface area contributed by atoms with Gasteiger partial charge in [-0.25, -0.2) is 0 Å². The van der Waals surface area contributed by atoms with Crippen LogP contribution >= 0.6 is 17.0 Å². The van der Waals surface area contributed by atoms with Gasteiger partial charge in [0.05, 0.1) is 11.0 Å². The Hall–Kier alpha value is -1.37. The molecule has 29 heavy (non-hydrogen) atoms. The lowest BCUT2D eigenvalue weighted by Crippen LogP contribution is -2.80. The molecule has 4 aliphatic rings. The van der Waals surface area contributed by atoms with Crippen LogP contribution < -0.4 is 4.74 Å². The molecule has 4 atom stereocenters. The third-order valence-corrected chi connectivity index (χ3v) is 7.84. The number of nitrogens with zero attached hydrogens (tertiary/aromatic N) is 1. The summed E-state index contributed by atoms with van der Waals surface area (Å²) < 4.78 is 13.2. The van der Waals surface area contributed by atoms with Crippen LogP contribution in [0.4, 0.5) is 0 Å². The van der Waals surface area contributed by atoms with Crippen LogP contribution in [0.5, 0.6) is 11.5 Å². The molecule has 2 heterocycles. The van der Waals surface area contributed by atoms with E-state index in [0.29, 0.717) is 25.2 Å². The second-order valence-electron chi connectivity index (χ2n) is 8.90. The number of halogens is 1. The summed E-state index contributed by atoms with van der Waals surface area (Å²) in [6, 6.07) is 3.90. The summed E-state index contributed by atoms with van der Waals surface area (Å²) in [5, 5.41) is 10.6. The summed E-state index contributed by atoms with van der Waals surface area (Å²) in [6.45, 7) is 10.4. The maximum Gasteiger partial charge on any atom is 0.177 e. The number of phenols is 1. The fourth-order valence-corrected chi connectivity index (χ4v) is 6.80. The number of benzene rings is 1. The summed E-state index contributed by atoms with van der Waals surface area (Å²) in [5.41, 5.74) is 0.191. The van der Waals surface area contributed by atoms with Crippen molar-refractivity contribution >= 4 is 22.8 Å². The minimum atomic E-state index is -0.992. The maximum absolute atomic E-state index is 13.3. The number of ketones is 1. The molecule has 2 aliphatic carbocycles. The average Bonchev–Trinajstić information content (AvgIpc) is 2.96. The van der Waals surface area contributed by atoms with Gasteiger partial charge in [-0.15, -0.1) is 23.6 Å². The van der Waals surface area contributed by atoms with Crippen molar-refractivity contribution in [2.45, 2.75) is 68.6 Å². The zero-order chi connectivity index (χ0) is 19.7. The minimum Gasteiger partial charge on any atom is -0.504 e. The van der Waals surface area contributed by atoms with E-state index in [-0.39, 0.29) is 34.6 Å². The third-order valence-electron chi connectivity index (χ3n) is 7.84. The van der Waals surface area contributed by atoms with Crippen LogP contribution in [0.15, 0.2) is 24.8 Å². The normalized spacial score (nSPS) is 36.8. The van der Waals surface area contributed by atoms with Gasteiger partial charge in [0.25, 0.3) is 0 Å². The van der Waals surface area contributed by atoms with Gasteiger partial charge in [0.15, 0.2) is 22.9 Å². The Morgan fingerprint density at radius 2 is 2.21 bits per heavy atom. The Morgan fingerprint density at radius 1 is 1.41 bits per heavy atom. The van der Waals surface area contributed by atoms with E-state index >= 15 is 0 Å². The van der Waals surface area contributed by atoms with Crippen molar-refractivity contribution in [2.24, 2.45) is 0 Å². The molecular weight excluding hydrogens is 434 g/mol. The quantitative estimate of drug-likeness (QED) is 0.674. The highest BCUT2D eigenvalue weighted by atomic mass is 79.9. The molecule has 2 aliphatic heterocycles. The van der Waals surface area contributed by atoms with Gasteiger partial charge in [-0.2, -0.15) is 0 Å². The molecule has 1 unspecified atom stereocenters. The first kappa shape index (κ1) is 20.9. The van der Waals surface area contributed by atoms with Gasteiger partial charge in [0.1, 0.15) is 0 Å². The van der Waals surface area contributed by atoms with Gasteiger partial charge in [0, 0.05) is 37.7 Å². The molecule has 1 aromatic carbocycles. The highest BCUT2D eigenvalue weighted by molar-refractivity contribution is 8.93. The fraction of sp³-hybridized carbons (Fsp3) is 0.609. The van der Waals surface area contributed by atoms with Gasteiger partial charge >= 0.3 is 0 Å². The van der Waals surface area contributed by atoms with E-state index < -0.39 is 16.6 Å². The fourth-order valence-electron chi connectivity index (χ4n) is 6.80. The molecule has 1 saturated carbocycles. The number of hydrogen-bond donors (Lipinski definition) is 1. The molecule has 1 N–H and O–H groups in total. The Balaban J connectivity index is 0.00000205. The minimum absolute atomic E-state index is 0. The van der Waals surface area contributed by atoms with Crippen molar-refractivity contribution < 1.29 is 19.4 Å². The largest absolute Gasteiger partial charge is 0.504 e. The predicted octanol–water partition coefficient (Wildman–Crippen LogP) is 3.70. The van der Waals surface area contributed by atoms with E-state index in [9.17, 15) is 9.90 Å². The number of hydrogen-bond acceptors (Lipinski definition) is 5. The molecule has 2 bridgehead atoms. The summed E-state index contributed by atoms with van der Waals surface area (Å²) >= 11 is 0. The van der Waals surface area contributed by atoms with E-state index in [4.69, 9.17) is 9.47 Å². The number of carbonyl (C=O) groups excluding carboxylic acids is 1. The standard InChI is InChI=1S/C23H29NO4.BrH/c1-4-11-24-12-10-22-19-15-6-7-16(25)20(19)28-21(22,3)18(26)8-9-23(22,17(24)14-15)27-13-5-2;/h4,6-7,17,25H,1,5,8-14H2,2-3H3;1H/t17-,21+,22+,23?;/m1./s1. The third kappa shape index (κ3) is 2.26. The van der Waals surface area contributed by atoms with Crippen LogP contribution in [0.3, 0.4) is 0 Å². The zero-order valence-electron chi connectivity index (χ0n) is 17.2. The van der Waals surface area contributed by atoms with Crippen LogP contribution in [0, 0.1) is 0 Å². The number of aromatic hydroxyl groups is 1. The Labute approximate surface area is 182 Å². The molecule has 2 fully saturated rings. The Kier molecular flexibility index (Phi) is 4.91. The second kappa shape index (κ2) is 6.82. The Morgan fingerprint density at radius 3 is 2.93 bits per heavy atom. The number of ether oxygens (including phenoxy) is 2. The summed E-state index contributed by atoms with van der Waals surface area (Å²) in [5.74, 6) is 0.769. The molecule has 0 aromatic heterocycles. The highest BCUT2D eigenvalue weighted by Crippen LogP contribution is 2.69. The zero-order valence-corrected chi connectivity index (χ0v) is 18.9. The predicted molar refractivity (Wildman–Crippen MR) is 116 cm³/mol. The number of piperidine rings is 1. The molecule has 158 valence electrons. The number of likely N-dealkylation sites (tertiary alicyclic amines) is 1. The molecule has 5 nitrogen and oxygen atoms in total. The average molecular weight is 464 g/mol. The van der Waals surface area contributed by atoms with E-state index in [1.807, 2.05) is 19.1 Å². The molecule has 0 radical (unpaired) electrons. The lowest BCUT2D eigenvalue weighted by molar-refractivity contribution is -0.229. The van der Waals surface area contributed by atoms with Gasteiger partial charge in [0.2, 0.25) is 0 Å². The molecule has 1 spiro atoms. The first-order valence-electron chi connectivity index (χ1n) is 10.5. The van der Waals surface area contributed by atoms with Crippen LogP contribution in [0.2, 0.25) is 0 Å². The van der Waals surface area contributed by atoms with Crippen molar-refractivity contribution in [3.63, 3.8) is 0 Å². The number of carbonyl (C=O) groups is 1. The summed E-state index contributed by atoms with van der Waals surface area (Å²) in [6.07, 6.45) is 5.67. The monoisotopic (exact) mass is 463 g/mol. The van der Waals surface area contributed by atoms with E-state index in [2.05, 4.69) is 18.4 Å². The van der Waals surface area contributed by atoms with Crippen LogP contribution in [-0.2, 0) is 21.4 Å². The van der Waals surface area contributed by atoms with Crippen LogP contribution in [0.25, 0.3) is 0 Å². The molecule has 1 aromatic rings. The molecule has 1 saturated heterocycles. The first-order chi connectivity index (χ1) is 13.4. The molecule has 5 rings (SSSR count). The lowest BCUT2D eigenvalue weighted by Gasteiger charge is -2.66. The first-order valence-corrected chi connectivity index (χ1v) is 10.5. The summed E-state index contributed by atoms with van der Waals surface area (Å²) in [7, 11) is 0. The number of phenolic OH excluding ortho intramolecular Hbond substituents is 1. The van der Waals surface area contributed by atoms with Gasteiger partial charge < -0.3 is 14.6 Å². The highest BCUT2D eigenvalue weighted by Gasteiger charge is 2.78. The topological polar surface area (TPSA) is 59.0 Å². The van der Waals surface area contributed by atoms with Crippen molar-refractivity contribution in [1.82, 2.24) is 4.90 Å². The van der Waals surface area contributed by atoms with Gasteiger partial charge in [-0.1, -0.05) is 19.1 Å². The van der Waals surface area contributed by atoms with Crippen molar-refractivity contribution in [2.75, 3.05) is 19.7 Å². The number of Topliss-reactive ketones (excluding diaryl/α,β-unsaturated/α-hetero) is 1. The van der Waals surface area contributed by atoms with Crippen molar-refractivity contribution in [3.8, 4) is 11.5 Å². The molecule has 6 heteroatoms. The van der Waals surface area contributed by atoms with E-state index in [1.165, 1.54) is 5.56 Å². The van der Waals surface area contributed by atoms with Crippen LogP contribution in [0.1, 0.15) is 50.7 Å². The second-order valence-corrected chi connectivity index (χ2v) is 8.90. The van der Waals surface area contributed by atoms with E-state index in [0.717, 1.165) is 37.9 Å². The molecule has 0 amide bonds. The Bertz CT molecular complexity index is 873. The summed E-state index contributed by atoms with van der Waals surface area (Å²) in [4.78, 5) is 15.8. The molecular formula is C23H30BrNO4. The van der Waals surface area contributed by atoms with Crippen molar-refractivity contribution in [3.05, 3.63) is 35.9 Å². The maximum atomic E-state index is 13.3. The van der Waals surface area contributed by atoms with Gasteiger partial charge in [-0.05, 0) is 44.2 Å². The van der Waals surface area contributed by atoms with Gasteiger partial charge in [-0.3, -0.25) is 9.69 Å². The van der Waals surface area contributed by atoms with E-state index in [1.54, 1.807) is 6.07 Å². The van der Waals surface area contributed by atoms with Crippen LogP contribution in [-0.4, -0.2) is 52.7 Å².